The molecule has 1 amide bonds. The van der Waals surface area contributed by atoms with Gasteiger partial charge in [0.25, 0.3) is 0 Å². The monoisotopic (exact) mass is 361 g/mol. The first kappa shape index (κ1) is 16.0. The van der Waals surface area contributed by atoms with E-state index in [1.165, 1.54) is 28.8 Å². The molecule has 128 valence electrons. The number of carbonyl (C=O) groups is 1. The number of amides is 1. The van der Waals surface area contributed by atoms with E-state index in [0.717, 1.165) is 21.9 Å². The molecule has 1 aromatic heterocycles. The van der Waals surface area contributed by atoms with E-state index in [9.17, 15) is 13.6 Å². The van der Waals surface area contributed by atoms with Crippen LogP contribution in [0, 0.1) is 11.6 Å². The largest absolute Gasteiger partial charge is 0.465 e. The molecule has 2 heterocycles. The van der Waals surface area contributed by atoms with Gasteiger partial charge in [-0.2, -0.15) is 0 Å². The Kier molecular flexibility index (Phi) is 3.88. The Morgan fingerprint density at radius 2 is 1.88 bits per heavy atom. The Bertz CT molecular complexity index is 966. The molecule has 0 radical (unpaired) electrons. The molecule has 4 rings (SSSR count). The van der Waals surface area contributed by atoms with Gasteiger partial charge in [-0.25, -0.2) is 13.6 Å². The summed E-state index contributed by atoms with van der Waals surface area (Å²) in [6.07, 6.45) is -0.355. The van der Waals surface area contributed by atoms with E-state index in [0.29, 0.717) is 29.2 Å². The lowest BCUT2D eigenvalue weighted by atomic mass is 10.0. The molecule has 0 unspecified atom stereocenters. The summed E-state index contributed by atoms with van der Waals surface area (Å²) in [5.41, 5.74) is 1.68. The van der Waals surface area contributed by atoms with Crippen LogP contribution in [0.5, 0.6) is 0 Å². The fourth-order valence-corrected chi connectivity index (χ4v) is 3.95. The van der Waals surface area contributed by atoms with Crippen molar-refractivity contribution in [1.29, 1.82) is 0 Å². The fraction of sp³-hybridized carbons (Fsp3) is 0.167. The van der Waals surface area contributed by atoms with Crippen molar-refractivity contribution in [2.24, 2.45) is 0 Å². The van der Waals surface area contributed by atoms with E-state index in [1.807, 2.05) is 18.2 Å². The van der Waals surface area contributed by atoms with Gasteiger partial charge < -0.3 is 14.4 Å². The minimum absolute atomic E-state index is 0.233. The summed E-state index contributed by atoms with van der Waals surface area (Å²) in [4.78, 5) is 13.7. The highest BCUT2D eigenvalue weighted by molar-refractivity contribution is 7.99. The van der Waals surface area contributed by atoms with Crippen molar-refractivity contribution in [3.05, 3.63) is 59.4 Å². The third-order valence-corrected chi connectivity index (χ3v) is 5.12. The minimum Gasteiger partial charge on any atom is -0.465 e. The number of halogens is 2. The van der Waals surface area contributed by atoms with E-state index in [1.54, 1.807) is 0 Å². The first-order valence-electron chi connectivity index (χ1n) is 7.66. The van der Waals surface area contributed by atoms with E-state index < -0.39 is 17.7 Å². The molecule has 1 aliphatic heterocycles. The average Bonchev–Trinajstić information content (AvgIpc) is 2.90. The molecule has 4 nitrogen and oxygen atoms in total. The highest BCUT2D eigenvalue weighted by Gasteiger charge is 2.25. The van der Waals surface area contributed by atoms with Gasteiger partial charge >= 0.3 is 6.09 Å². The molecule has 25 heavy (non-hydrogen) atoms. The minimum atomic E-state index is -0.963. The summed E-state index contributed by atoms with van der Waals surface area (Å²) in [6.45, 7) is 0.674. The smallest absolute Gasteiger partial charge is 0.407 e. The number of hydrogen-bond acceptors (Lipinski definition) is 3. The summed E-state index contributed by atoms with van der Waals surface area (Å²) < 4.78 is 32.5. The maximum absolute atomic E-state index is 13.3. The van der Waals surface area contributed by atoms with Crippen molar-refractivity contribution in [3.63, 3.8) is 0 Å². The molecule has 0 spiro atoms. The summed E-state index contributed by atoms with van der Waals surface area (Å²) in [6, 6.07) is 8.97. The molecule has 1 aliphatic rings. The summed E-state index contributed by atoms with van der Waals surface area (Å²) >= 11 is 1.24. The maximum atomic E-state index is 13.3. The summed E-state index contributed by atoms with van der Waals surface area (Å²) in [5, 5.41) is 10.1. The predicted molar refractivity (Wildman–Crippen MR) is 88.8 cm³/mol. The van der Waals surface area contributed by atoms with Crippen molar-refractivity contribution < 1.29 is 23.1 Å². The van der Waals surface area contributed by atoms with Crippen LogP contribution in [0.2, 0.25) is 0 Å². The Labute approximate surface area is 146 Å². The van der Waals surface area contributed by atoms with Gasteiger partial charge in [-0.05, 0) is 36.8 Å². The molecule has 3 aromatic rings. The number of nitrogens with zero attached hydrogens (tertiary/aromatic N) is 1. The van der Waals surface area contributed by atoms with Crippen LogP contribution in [0.4, 0.5) is 13.6 Å². The quantitative estimate of drug-likeness (QED) is 0.705. The number of furan rings is 1. The lowest BCUT2D eigenvalue weighted by molar-refractivity contribution is 0.135. The second kappa shape index (κ2) is 6.07. The average molecular weight is 361 g/mol. The van der Waals surface area contributed by atoms with E-state index in [4.69, 9.17) is 9.52 Å². The van der Waals surface area contributed by atoms with Crippen molar-refractivity contribution in [1.82, 2.24) is 4.90 Å². The molecule has 0 saturated carbocycles. The van der Waals surface area contributed by atoms with Gasteiger partial charge in [0.1, 0.15) is 23.0 Å². The number of benzene rings is 2. The van der Waals surface area contributed by atoms with Gasteiger partial charge in [-0.3, -0.25) is 0 Å². The normalized spacial score (nSPS) is 13.9. The van der Waals surface area contributed by atoms with Crippen molar-refractivity contribution >= 4 is 28.8 Å². The van der Waals surface area contributed by atoms with Gasteiger partial charge in [-0.15, -0.1) is 0 Å². The van der Waals surface area contributed by atoms with E-state index in [-0.39, 0.29) is 6.54 Å². The molecule has 0 aliphatic carbocycles. The molecular formula is C18H13F2NO3S. The highest BCUT2D eigenvalue weighted by atomic mass is 32.2. The zero-order valence-electron chi connectivity index (χ0n) is 13.0. The maximum Gasteiger partial charge on any atom is 0.407 e. The van der Waals surface area contributed by atoms with E-state index >= 15 is 0 Å². The third kappa shape index (κ3) is 3.07. The van der Waals surface area contributed by atoms with Gasteiger partial charge in [-0.1, -0.05) is 11.8 Å². The van der Waals surface area contributed by atoms with Gasteiger partial charge in [0.05, 0.1) is 6.54 Å². The predicted octanol–water partition coefficient (Wildman–Crippen LogP) is 4.90. The second-order valence-electron chi connectivity index (χ2n) is 5.82. The van der Waals surface area contributed by atoms with Gasteiger partial charge in [0.2, 0.25) is 0 Å². The van der Waals surface area contributed by atoms with Crippen molar-refractivity contribution in [2.45, 2.75) is 22.8 Å². The van der Waals surface area contributed by atoms with Crippen LogP contribution in [-0.2, 0) is 13.0 Å². The lowest BCUT2D eigenvalue weighted by Crippen LogP contribution is -2.34. The molecule has 7 heteroatoms. The zero-order chi connectivity index (χ0) is 17.6. The Morgan fingerprint density at radius 3 is 2.60 bits per heavy atom. The number of fused-ring (bicyclic) bond motifs is 3. The molecule has 0 bridgehead atoms. The molecular weight excluding hydrogens is 348 g/mol. The fourth-order valence-electron chi connectivity index (χ4n) is 3.03. The SMILES string of the molecule is O=C(O)N1CCc2c(oc3cc(Sc4cc(F)cc(F)c4)ccc23)C1. The van der Waals surface area contributed by atoms with Crippen molar-refractivity contribution in [3.8, 4) is 0 Å². The molecule has 0 saturated heterocycles. The van der Waals surface area contributed by atoms with Crippen LogP contribution in [0.25, 0.3) is 11.0 Å². The summed E-state index contributed by atoms with van der Waals surface area (Å²) in [7, 11) is 0. The molecule has 0 atom stereocenters. The Balaban J connectivity index is 1.66. The highest BCUT2D eigenvalue weighted by Crippen LogP contribution is 2.35. The zero-order valence-corrected chi connectivity index (χ0v) is 13.8. The van der Waals surface area contributed by atoms with Gasteiger partial charge in [0, 0.05) is 33.4 Å². The van der Waals surface area contributed by atoms with Crippen LogP contribution in [-0.4, -0.2) is 22.6 Å². The Morgan fingerprint density at radius 1 is 1.12 bits per heavy atom. The summed E-state index contributed by atoms with van der Waals surface area (Å²) in [5.74, 6) is -0.584. The first-order valence-corrected chi connectivity index (χ1v) is 8.47. The topological polar surface area (TPSA) is 53.7 Å². The first-order chi connectivity index (χ1) is 12.0. The second-order valence-corrected chi connectivity index (χ2v) is 6.97. The third-order valence-electron chi connectivity index (χ3n) is 4.16. The lowest BCUT2D eigenvalue weighted by Gasteiger charge is -2.22. The van der Waals surface area contributed by atoms with Crippen LogP contribution < -0.4 is 0 Å². The van der Waals surface area contributed by atoms with E-state index in [2.05, 4.69) is 0 Å². The molecule has 1 N–H and O–H groups in total. The van der Waals surface area contributed by atoms with Crippen molar-refractivity contribution in [2.75, 3.05) is 6.54 Å². The van der Waals surface area contributed by atoms with Crippen LogP contribution in [0.3, 0.4) is 0 Å². The number of hydrogen-bond donors (Lipinski definition) is 1. The number of carboxylic acid groups (broad SMARTS) is 1. The molecule has 2 aromatic carbocycles. The van der Waals surface area contributed by atoms with Crippen LogP contribution in [0.1, 0.15) is 11.3 Å². The van der Waals surface area contributed by atoms with Crippen LogP contribution >= 0.6 is 11.8 Å². The molecule has 0 fully saturated rings. The van der Waals surface area contributed by atoms with Crippen LogP contribution in [0.15, 0.2) is 50.6 Å². The number of rotatable bonds is 2. The Hall–Kier alpha value is -2.54. The standard InChI is InChI=1S/C18H13F2NO3S/c19-10-5-11(20)7-13(6-10)25-12-1-2-14-15-3-4-21(18(22)23)9-17(15)24-16(14)8-12/h1-2,5-8H,3-4,9H2,(H,22,23). The van der Waals surface area contributed by atoms with Gasteiger partial charge in [0.15, 0.2) is 0 Å².